The van der Waals surface area contributed by atoms with Gasteiger partial charge in [0.25, 0.3) is 5.91 Å². The molecule has 1 atom stereocenters. The minimum absolute atomic E-state index is 0.149. The fraction of sp³-hybridized carbons (Fsp3) is 0.222. The van der Waals surface area contributed by atoms with Gasteiger partial charge in [0, 0.05) is 4.90 Å². The normalized spacial score (nSPS) is 11.4. The van der Waals surface area contributed by atoms with Crippen LogP contribution in [-0.4, -0.2) is 30.8 Å². The van der Waals surface area contributed by atoms with Crippen LogP contribution in [0.3, 0.4) is 0 Å². The van der Waals surface area contributed by atoms with Gasteiger partial charge in [0.05, 0.1) is 18.6 Å². The first kappa shape index (κ1) is 17.9. The lowest BCUT2D eigenvalue weighted by Crippen LogP contribution is -2.30. The zero-order valence-corrected chi connectivity index (χ0v) is 14.3. The second kappa shape index (κ2) is 8.98. The van der Waals surface area contributed by atoms with Crippen LogP contribution in [0.2, 0.25) is 0 Å². The molecule has 0 radical (unpaired) electrons. The van der Waals surface area contributed by atoms with Gasteiger partial charge in [0.2, 0.25) is 0 Å². The van der Waals surface area contributed by atoms with E-state index in [-0.39, 0.29) is 5.75 Å². The van der Waals surface area contributed by atoms with Gasteiger partial charge in [0.1, 0.15) is 5.75 Å². The van der Waals surface area contributed by atoms with E-state index < -0.39 is 18.0 Å². The average molecular weight is 345 g/mol. The molecule has 2 aromatic rings. The Kier molecular flexibility index (Phi) is 6.69. The van der Waals surface area contributed by atoms with Gasteiger partial charge in [-0.1, -0.05) is 30.3 Å². The maximum atomic E-state index is 12.1. The van der Waals surface area contributed by atoms with Crippen LogP contribution in [-0.2, 0) is 14.3 Å². The lowest BCUT2D eigenvalue weighted by molar-refractivity contribution is -0.150. The van der Waals surface area contributed by atoms with E-state index in [2.05, 4.69) is 5.32 Å². The number of hydrogen-bond donors (Lipinski definition) is 1. The van der Waals surface area contributed by atoms with Gasteiger partial charge in [-0.3, -0.25) is 9.59 Å². The maximum Gasteiger partial charge on any atom is 0.317 e. The summed E-state index contributed by atoms with van der Waals surface area (Å²) in [4.78, 5) is 25.0. The molecule has 126 valence electrons. The zero-order chi connectivity index (χ0) is 17.4. The van der Waals surface area contributed by atoms with Gasteiger partial charge in [0.15, 0.2) is 6.10 Å². The number of methoxy groups -OCH3 is 1. The van der Waals surface area contributed by atoms with Gasteiger partial charge in [-0.25, -0.2) is 0 Å². The lowest BCUT2D eigenvalue weighted by Gasteiger charge is -2.15. The molecule has 0 unspecified atom stereocenters. The number of carbonyl (C=O) groups excluding carboxylic acids is 2. The Labute approximate surface area is 145 Å². The first-order valence-electron chi connectivity index (χ1n) is 7.41. The maximum absolute atomic E-state index is 12.1. The Morgan fingerprint density at radius 1 is 1.08 bits per heavy atom. The Morgan fingerprint density at radius 3 is 2.46 bits per heavy atom. The minimum Gasteiger partial charge on any atom is -0.495 e. The predicted octanol–water partition coefficient (Wildman–Crippen LogP) is 3.36. The Balaban J connectivity index is 1.83. The molecular formula is C18H19NO4S. The van der Waals surface area contributed by atoms with Crippen LogP contribution in [0.4, 0.5) is 5.69 Å². The summed E-state index contributed by atoms with van der Waals surface area (Å²) >= 11 is 1.37. The summed E-state index contributed by atoms with van der Waals surface area (Å²) < 4.78 is 10.3. The molecular weight excluding hydrogens is 326 g/mol. The Morgan fingerprint density at radius 2 is 1.75 bits per heavy atom. The molecule has 0 fully saturated rings. The minimum atomic E-state index is -0.890. The molecule has 1 N–H and O–H groups in total. The highest BCUT2D eigenvalue weighted by Crippen LogP contribution is 2.23. The van der Waals surface area contributed by atoms with E-state index in [9.17, 15) is 9.59 Å². The number of hydrogen-bond acceptors (Lipinski definition) is 5. The molecule has 0 saturated carbocycles. The molecule has 0 aliphatic heterocycles. The molecule has 0 heterocycles. The average Bonchev–Trinajstić information content (AvgIpc) is 2.61. The van der Waals surface area contributed by atoms with E-state index in [1.54, 1.807) is 24.3 Å². The summed E-state index contributed by atoms with van der Waals surface area (Å²) in [5, 5.41) is 2.69. The van der Waals surface area contributed by atoms with Crippen molar-refractivity contribution >= 4 is 29.3 Å². The highest BCUT2D eigenvalue weighted by atomic mass is 32.2. The molecule has 0 aromatic heterocycles. The van der Waals surface area contributed by atoms with Crippen molar-refractivity contribution in [3.05, 3.63) is 54.6 Å². The Hall–Kier alpha value is -2.47. The van der Waals surface area contributed by atoms with Crippen molar-refractivity contribution in [1.82, 2.24) is 0 Å². The molecule has 0 saturated heterocycles. The molecule has 2 rings (SSSR count). The molecule has 0 spiro atoms. The monoisotopic (exact) mass is 345 g/mol. The highest BCUT2D eigenvalue weighted by molar-refractivity contribution is 8.00. The molecule has 0 bridgehead atoms. The lowest BCUT2D eigenvalue weighted by atomic mass is 10.2. The van der Waals surface area contributed by atoms with Crippen molar-refractivity contribution in [2.75, 3.05) is 18.2 Å². The largest absolute Gasteiger partial charge is 0.495 e. The van der Waals surface area contributed by atoms with Crippen molar-refractivity contribution in [2.45, 2.75) is 17.9 Å². The van der Waals surface area contributed by atoms with E-state index in [1.807, 2.05) is 30.3 Å². The van der Waals surface area contributed by atoms with Crippen molar-refractivity contribution in [3.8, 4) is 5.75 Å². The Bertz CT molecular complexity index is 690. The standard InChI is InChI=1S/C18H19NO4S/c1-13(18(21)19-15-10-6-7-11-16(15)22-2)23-17(20)12-24-14-8-4-3-5-9-14/h3-11,13H,12H2,1-2H3,(H,19,21)/t13-/m1/s1. The van der Waals surface area contributed by atoms with Crippen LogP contribution in [0.15, 0.2) is 59.5 Å². The molecule has 1 amide bonds. The van der Waals surface area contributed by atoms with Gasteiger partial charge in [-0.15, -0.1) is 11.8 Å². The first-order valence-corrected chi connectivity index (χ1v) is 8.40. The van der Waals surface area contributed by atoms with Crippen LogP contribution in [0.1, 0.15) is 6.92 Å². The van der Waals surface area contributed by atoms with Crippen molar-refractivity contribution < 1.29 is 19.1 Å². The molecule has 6 heteroatoms. The SMILES string of the molecule is COc1ccccc1NC(=O)[C@@H](C)OC(=O)CSc1ccccc1. The second-order valence-corrected chi connectivity index (χ2v) is 5.97. The number of thioether (sulfide) groups is 1. The van der Waals surface area contributed by atoms with E-state index >= 15 is 0 Å². The zero-order valence-electron chi connectivity index (χ0n) is 13.5. The van der Waals surface area contributed by atoms with Crippen LogP contribution in [0.5, 0.6) is 5.75 Å². The third kappa shape index (κ3) is 5.31. The second-order valence-electron chi connectivity index (χ2n) is 4.92. The molecule has 5 nitrogen and oxygen atoms in total. The molecule has 0 aliphatic carbocycles. The summed E-state index contributed by atoms with van der Waals surface area (Å²) in [6.45, 7) is 1.54. The number of para-hydroxylation sites is 2. The van der Waals surface area contributed by atoms with Crippen LogP contribution < -0.4 is 10.1 Å². The number of carbonyl (C=O) groups is 2. The molecule has 0 aliphatic rings. The highest BCUT2D eigenvalue weighted by Gasteiger charge is 2.19. The van der Waals surface area contributed by atoms with Crippen molar-refractivity contribution in [2.24, 2.45) is 0 Å². The van der Waals surface area contributed by atoms with Crippen molar-refractivity contribution in [3.63, 3.8) is 0 Å². The van der Waals surface area contributed by atoms with E-state index in [4.69, 9.17) is 9.47 Å². The summed E-state index contributed by atoms with van der Waals surface area (Å²) in [6, 6.07) is 16.6. The van der Waals surface area contributed by atoms with E-state index in [0.29, 0.717) is 11.4 Å². The number of amides is 1. The summed E-state index contributed by atoms with van der Waals surface area (Å²) in [7, 11) is 1.52. The van der Waals surface area contributed by atoms with Gasteiger partial charge in [-0.2, -0.15) is 0 Å². The van der Waals surface area contributed by atoms with Crippen LogP contribution in [0.25, 0.3) is 0 Å². The fourth-order valence-electron chi connectivity index (χ4n) is 1.93. The third-order valence-corrected chi connectivity index (χ3v) is 4.13. The van der Waals surface area contributed by atoms with E-state index in [0.717, 1.165) is 4.90 Å². The molecule has 24 heavy (non-hydrogen) atoms. The molecule has 2 aromatic carbocycles. The van der Waals surface area contributed by atoms with Crippen LogP contribution in [0, 0.1) is 0 Å². The number of esters is 1. The van der Waals surface area contributed by atoms with Crippen LogP contribution >= 0.6 is 11.8 Å². The van der Waals surface area contributed by atoms with Gasteiger partial charge >= 0.3 is 5.97 Å². The topological polar surface area (TPSA) is 64.6 Å². The third-order valence-electron chi connectivity index (χ3n) is 3.14. The quantitative estimate of drug-likeness (QED) is 0.616. The van der Waals surface area contributed by atoms with E-state index in [1.165, 1.54) is 25.8 Å². The number of anilines is 1. The summed E-state index contributed by atoms with van der Waals surface area (Å²) in [5.41, 5.74) is 0.534. The summed E-state index contributed by atoms with van der Waals surface area (Å²) in [5.74, 6) is -0.149. The smallest absolute Gasteiger partial charge is 0.317 e. The van der Waals surface area contributed by atoms with Crippen molar-refractivity contribution in [1.29, 1.82) is 0 Å². The number of nitrogens with one attached hydrogen (secondary N) is 1. The predicted molar refractivity (Wildman–Crippen MR) is 94.3 cm³/mol. The fourth-order valence-corrected chi connectivity index (χ4v) is 2.63. The summed E-state index contributed by atoms with van der Waals surface area (Å²) in [6.07, 6.45) is -0.890. The number of ether oxygens (including phenoxy) is 2. The van der Waals surface area contributed by atoms with Gasteiger partial charge < -0.3 is 14.8 Å². The number of rotatable bonds is 7. The first-order chi connectivity index (χ1) is 11.6. The van der Waals surface area contributed by atoms with Gasteiger partial charge in [-0.05, 0) is 31.2 Å². The number of benzene rings is 2.